The van der Waals surface area contributed by atoms with Crippen LogP contribution in [-0.4, -0.2) is 6.61 Å². The first-order chi connectivity index (χ1) is 9.06. The summed E-state index contributed by atoms with van der Waals surface area (Å²) in [7, 11) is 0. The van der Waals surface area contributed by atoms with Gasteiger partial charge < -0.3 is 10.5 Å². The molecule has 2 aromatic carbocycles. The SMILES string of the molecule is Cc1ccc(C)c(OCC(N)c2cccc(F)c2)c1. The van der Waals surface area contributed by atoms with Crippen LogP contribution in [-0.2, 0) is 0 Å². The molecule has 0 aromatic heterocycles. The zero-order valence-corrected chi connectivity index (χ0v) is 11.2. The number of ether oxygens (including phenoxy) is 1. The number of halogens is 1. The average molecular weight is 259 g/mol. The Morgan fingerprint density at radius 2 is 1.95 bits per heavy atom. The minimum atomic E-state index is -0.337. The van der Waals surface area contributed by atoms with Crippen LogP contribution in [0.5, 0.6) is 5.75 Å². The highest BCUT2D eigenvalue weighted by atomic mass is 19.1. The second-order valence-electron chi connectivity index (χ2n) is 4.74. The Morgan fingerprint density at radius 3 is 2.68 bits per heavy atom. The molecule has 0 spiro atoms. The van der Waals surface area contributed by atoms with E-state index in [2.05, 4.69) is 0 Å². The summed E-state index contributed by atoms with van der Waals surface area (Å²) in [5, 5.41) is 0. The van der Waals surface area contributed by atoms with Gasteiger partial charge in [-0.25, -0.2) is 4.39 Å². The van der Waals surface area contributed by atoms with Crippen molar-refractivity contribution >= 4 is 0 Å². The van der Waals surface area contributed by atoms with Gasteiger partial charge in [-0.3, -0.25) is 0 Å². The Labute approximate surface area is 113 Å². The number of hydrogen-bond donors (Lipinski definition) is 1. The monoisotopic (exact) mass is 259 g/mol. The van der Waals surface area contributed by atoms with Crippen LogP contribution < -0.4 is 10.5 Å². The van der Waals surface area contributed by atoms with E-state index in [1.807, 2.05) is 32.0 Å². The molecule has 0 fully saturated rings. The normalized spacial score (nSPS) is 12.2. The van der Waals surface area contributed by atoms with Crippen LogP contribution in [0.1, 0.15) is 22.7 Å². The molecule has 1 unspecified atom stereocenters. The van der Waals surface area contributed by atoms with Gasteiger partial charge in [0.25, 0.3) is 0 Å². The summed E-state index contributed by atoms with van der Waals surface area (Å²) >= 11 is 0. The van der Waals surface area contributed by atoms with E-state index in [9.17, 15) is 4.39 Å². The Kier molecular flexibility index (Phi) is 4.17. The fourth-order valence-electron chi connectivity index (χ4n) is 1.88. The van der Waals surface area contributed by atoms with Crippen LogP contribution in [0.2, 0.25) is 0 Å². The van der Waals surface area contributed by atoms with Crippen molar-refractivity contribution in [3.05, 3.63) is 65.0 Å². The molecular formula is C16H18FNO. The van der Waals surface area contributed by atoms with Crippen molar-refractivity contribution in [2.75, 3.05) is 6.61 Å². The van der Waals surface area contributed by atoms with Gasteiger partial charge in [0.2, 0.25) is 0 Å². The Bertz CT molecular complexity index is 568. The van der Waals surface area contributed by atoms with Gasteiger partial charge in [0.05, 0.1) is 6.04 Å². The minimum Gasteiger partial charge on any atom is -0.491 e. The van der Waals surface area contributed by atoms with Gasteiger partial charge in [-0.2, -0.15) is 0 Å². The molecule has 0 saturated heterocycles. The zero-order chi connectivity index (χ0) is 13.8. The molecule has 2 N–H and O–H groups in total. The maximum Gasteiger partial charge on any atom is 0.123 e. The van der Waals surface area contributed by atoms with Crippen LogP contribution in [0.4, 0.5) is 4.39 Å². The minimum absolute atomic E-state index is 0.278. The smallest absolute Gasteiger partial charge is 0.123 e. The first kappa shape index (κ1) is 13.6. The Balaban J connectivity index is 2.04. The van der Waals surface area contributed by atoms with Crippen LogP contribution >= 0.6 is 0 Å². The van der Waals surface area contributed by atoms with Gasteiger partial charge in [0.15, 0.2) is 0 Å². The van der Waals surface area contributed by atoms with E-state index in [1.165, 1.54) is 12.1 Å². The third kappa shape index (κ3) is 3.55. The summed E-state index contributed by atoms with van der Waals surface area (Å²) in [6.07, 6.45) is 0. The van der Waals surface area contributed by atoms with Gasteiger partial charge in [-0.05, 0) is 48.7 Å². The van der Waals surface area contributed by atoms with Gasteiger partial charge >= 0.3 is 0 Å². The molecule has 0 aliphatic heterocycles. The fraction of sp³-hybridized carbons (Fsp3) is 0.250. The summed E-state index contributed by atoms with van der Waals surface area (Å²) in [6, 6.07) is 12.0. The van der Waals surface area contributed by atoms with Gasteiger partial charge in [0.1, 0.15) is 18.2 Å². The van der Waals surface area contributed by atoms with Crippen LogP contribution in [0.3, 0.4) is 0 Å². The van der Waals surface area contributed by atoms with E-state index in [-0.39, 0.29) is 11.9 Å². The lowest BCUT2D eigenvalue weighted by Gasteiger charge is -2.15. The number of nitrogens with two attached hydrogens (primary N) is 1. The molecule has 0 saturated carbocycles. The summed E-state index contributed by atoms with van der Waals surface area (Å²) in [4.78, 5) is 0. The lowest BCUT2D eigenvalue weighted by atomic mass is 10.1. The molecule has 0 heterocycles. The van der Waals surface area contributed by atoms with E-state index < -0.39 is 0 Å². The summed E-state index contributed by atoms with van der Waals surface area (Å²) in [5.41, 5.74) is 8.95. The fourth-order valence-corrected chi connectivity index (χ4v) is 1.88. The highest BCUT2D eigenvalue weighted by Crippen LogP contribution is 2.21. The highest BCUT2D eigenvalue weighted by Gasteiger charge is 2.09. The Hall–Kier alpha value is -1.87. The molecule has 0 amide bonds. The van der Waals surface area contributed by atoms with Gasteiger partial charge in [-0.1, -0.05) is 24.3 Å². The van der Waals surface area contributed by atoms with Gasteiger partial charge in [0, 0.05) is 0 Å². The van der Waals surface area contributed by atoms with E-state index in [1.54, 1.807) is 12.1 Å². The molecule has 0 aliphatic carbocycles. The van der Waals surface area contributed by atoms with Crippen molar-refractivity contribution in [1.82, 2.24) is 0 Å². The number of benzene rings is 2. The standard InChI is InChI=1S/C16H18FNO/c1-11-6-7-12(2)16(8-11)19-10-15(18)13-4-3-5-14(17)9-13/h3-9,15H,10,18H2,1-2H3. The topological polar surface area (TPSA) is 35.2 Å². The molecule has 3 heteroatoms. The molecule has 19 heavy (non-hydrogen) atoms. The summed E-state index contributed by atoms with van der Waals surface area (Å²) < 4.78 is 18.8. The van der Waals surface area contributed by atoms with Crippen molar-refractivity contribution in [3.63, 3.8) is 0 Å². The first-order valence-electron chi connectivity index (χ1n) is 6.27. The second kappa shape index (κ2) is 5.85. The van der Waals surface area contributed by atoms with Crippen molar-refractivity contribution in [1.29, 1.82) is 0 Å². The van der Waals surface area contributed by atoms with E-state index >= 15 is 0 Å². The van der Waals surface area contributed by atoms with E-state index in [4.69, 9.17) is 10.5 Å². The second-order valence-corrected chi connectivity index (χ2v) is 4.74. The summed E-state index contributed by atoms with van der Waals surface area (Å²) in [5.74, 6) is 0.548. The third-order valence-electron chi connectivity index (χ3n) is 3.04. The number of rotatable bonds is 4. The number of hydrogen-bond acceptors (Lipinski definition) is 2. The molecular weight excluding hydrogens is 241 g/mol. The largest absolute Gasteiger partial charge is 0.491 e. The average Bonchev–Trinajstić information content (AvgIpc) is 2.39. The molecule has 2 rings (SSSR count). The van der Waals surface area contributed by atoms with Crippen LogP contribution in [0.25, 0.3) is 0 Å². The van der Waals surface area contributed by atoms with Crippen LogP contribution in [0, 0.1) is 19.7 Å². The van der Waals surface area contributed by atoms with E-state index in [0.29, 0.717) is 6.61 Å². The zero-order valence-electron chi connectivity index (χ0n) is 11.2. The van der Waals surface area contributed by atoms with Gasteiger partial charge in [-0.15, -0.1) is 0 Å². The molecule has 0 radical (unpaired) electrons. The van der Waals surface area contributed by atoms with Crippen molar-refractivity contribution < 1.29 is 9.13 Å². The molecule has 0 bridgehead atoms. The predicted molar refractivity (Wildman–Crippen MR) is 74.7 cm³/mol. The van der Waals surface area contributed by atoms with E-state index in [0.717, 1.165) is 22.4 Å². The molecule has 2 aromatic rings. The molecule has 0 aliphatic rings. The summed E-state index contributed by atoms with van der Waals surface area (Å²) in [6.45, 7) is 4.33. The molecule has 2 nitrogen and oxygen atoms in total. The maximum absolute atomic E-state index is 13.1. The predicted octanol–water partition coefficient (Wildman–Crippen LogP) is 3.52. The van der Waals surface area contributed by atoms with Crippen molar-refractivity contribution in [2.45, 2.75) is 19.9 Å². The van der Waals surface area contributed by atoms with Crippen molar-refractivity contribution in [2.24, 2.45) is 5.73 Å². The van der Waals surface area contributed by atoms with Crippen LogP contribution in [0.15, 0.2) is 42.5 Å². The van der Waals surface area contributed by atoms with Crippen molar-refractivity contribution in [3.8, 4) is 5.75 Å². The third-order valence-corrected chi connectivity index (χ3v) is 3.04. The lowest BCUT2D eigenvalue weighted by Crippen LogP contribution is -2.19. The maximum atomic E-state index is 13.1. The lowest BCUT2D eigenvalue weighted by molar-refractivity contribution is 0.288. The molecule has 100 valence electrons. The first-order valence-corrected chi connectivity index (χ1v) is 6.27. The molecule has 1 atom stereocenters. The number of aryl methyl sites for hydroxylation is 2. The Morgan fingerprint density at radius 1 is 1.16 bits per heavy atom. The highest BCUT2D eigenvalue weighted by molar-refractivity contribution is 5.36. The quantitative estimate of drug-likeness (QED) is 0.911.